The lowest BCUT2D eigenvalue weighted by molar-refractivity contribution is -0.0792. The summed E-state index contributed by atoms with van der Waals surface area (Å²) in [5, 5.41) is 13.9. The van der Waals surface area contributed by atoms with Crippen molar-refractivity contribution in [2.24, 2.45) is 0 Å². The van der Waals surface area contributed by atoms with Gasteiger partial charge in [0.15, 0.2) is 0 Å². The normalized spacial score (nSPS) is 15.3. The van der Waals surface area contributed by atoms with E-state index in [4.69, 9.17) is 9.47 Å². The van der Waals surface area contributed by atoms with Crippen LogP contribution in [0.3, 0.4) is 0 Å². The predicted molar refractivity (Wildman–Crippen MR) is 131 cm³/mol. The van der Waals surface area contributed by atoms with Gasteiger partial charge in [-0.05, 0) is 59.2 Å². The van der Waals surface area contributed by atoms with Crippen molar-refractivity contribution in [3.05, 3.63) is 66.2 Å². The Kier molecular flexibility index (Phi) is 8.87. The van der Waals surface area contributed by atoms with Crippen LogP contribution in [0.25, 0.3) is 0 Å². The molecule has 0 spiro atoms. The fourth-order valence-electron chi connectivity index (χ4n) is 3.15. The number of aliphatic hydroxyl groups is 1. The molecule has 0 heterocycles. The van der Waals surface area contributed by atoms with Gasteiger partial charge in [-0.1, -0.05) is 48.5 Å². The molecule has 8 nitrogen and oxygen atoms in total. The fourth-order valence-corrected chi connectivity index (χ4v) is 4.52. The molecule has 9 heteroatoms. The zero-order valence-corrected chi connectivity index (χ0v) is 21.5. The van der Waals surface area contributed by atoms with E-state index in [1.54, 1.807) is 63.2 Å². The Bertz CT molecular complexity index is 1030. The van der Waals surface area contributed by atoms with Gasteiger partial charge in [0.2, 0.25) is 10.0 Å². The van der Waals surface area contributed by atoms with Gasteiger partial charge in [0.05, 0.1) is 17.1 Å². The molecule has 0 fully saturated rings. The number of nitrogens with one attached hydrogen (secondary N) is 2. The number of hydrogen-bond acceptors (Lipinski definition) is 6. The van der Waals surface area contributed by atoms with E-state index in [1.807, 2.05) is 26.8 Å². The lowest BCUT2D eigenvalue weighted by Gasteiger charge is -2.40. The van der Waals surface area contributed by atoms with Crippen molar-refractivity contribution >= 4 is 16.1 Å². The van der Waals surface area contributed by atoms with Crippen LogP contribution in [-0.2, 0) is 25.9 Å². The Morgan fingerprint density at radius 3 is 1.94 bits per heavy atom. The summed E-state index contributed by atoms with van der Waals surface area (Å²) in [6, 6.07) is 16.7. The standard InChI is InChI=1S/C25H36N2O6S/c1-23(2,3)32-18-21(28)25(17-19-13-9-7-10-14-19,26-22(29)33-24(4,5)6)27-34(30,31)20-15-11-8-12-16-20/h7-16,21,27-28H,17-18H2,1-6H3,(H,26,29). The first-order valence-corrected chi connectivity index (χ1v) is 12.6. The molecule has 2 aromatic rings. The first-order valence-electron chi connectivity index (χ1n) is 11.1. The number of ether oxygens (including phenoxy) is 2. The van der Waals surface area contributed by atoms with Crippen molar-refractivity contribution in [2.75, 3.05) is 6.61 Å². The number of carbonyl (C=O) groups is 1. The predicted octanol–water partition coefficient (Wildman–Crippen LogP) is 3.60. The molecule has 0 bridgehead atoms. The van der Waals surface area contributed by atoms with Gasteiger partial charge in [0, 0.05) is 6.42 Å². The largest absolute Gasteiger partial charge is 0.444 e. The van der Waals surface area contributed by atoms with Crippen LogP contribution in [0, 0.1) is 0 Å². The van der Waals surface area contributed by atoms with E-state index < -0.39 is 39.1 Å². The smallest absolute Gasteiger partial charge is 0.409 e. The summed E-state index contributed by atoms with van der Waals surface area (Å²) in [5.74, 6) is 0. The highest BCUT2D eigenvalue weighted by Gasteiger charge is 2.45. The molecular formula is C25H36N2O6S. The molecule has 34 heavy (non-hydrogen) atoms. The van der Waals surface area contributed by atoms with Crippen LogP contribution in [0.4, 0.5) is 4.79 Å². The van der Waals surface area contributed by atoms with E-state index in [0.717, 1.165) is 0 Å². The average Bonchev–Trinajstić information content (AvgIpc) is 2.71. The van der Waals surface area contributed by atoms with Gasteiger partial charge in [0.1, 0.15) is 17.4 Å². The van der Waals surface area contributed by atoms with Crippen LogP contribution in [0.1, 0.15) is 47.1 Å². The minimum atomic E-state index is -4.16. The minimum Gasteiger partial charge on any atom is -0.444 e. The maximum Gasteiger partial charge on any atom is 0.409 e. The number of alkyl carbamates (subject to hydrolysis) is 1. The van der Waals surface area contributed by atoms with Gasteiger partial charge < -0.3 is 14.6 Å². The molecule has 0 aliphatic heterocycles. The van der Waals surface area contributed by atoms with Crippen LogP contribution in [0.15, 0.2) is 65.6 Å². The number of aliphatic hydroxyl groups excluding tert-OH is 1. The van der Waals surface area contributed by atoms with Gasteiger partial charge in [-0.15, -0.1) is 0 Å². The molecule has 2 unspecified atom stereocenters. The lowest BCUT2D eigenvalue weighted by Crippen LogP contribution is -2.69. The molecule has 0 aliphatic rings. The van der Waals surface area contributed by atoms with Gasteiger partial charge in [0.25, 0.3) is 0 Å². The van der Waals surface area contributed by atoms with Crippen LogP contribution >= 0.6 is 0 Å². The molecule has 188 valence electrons. The molecule has 2 aromatic carbocycles. The summed E-state index contributed by atoms with van der Waals surface area (Å²) in [7, 11) is -4.16. The maximum absolute atomic E-state index is 13.4. The second kappa shape index (κ2) is 10.9. The summed E-state index contributed by atoms with van der Waals surface area (Å²) in [6.07, 6.45) is -2.40. The van der Waals surface area contributed by atoms with Crippen LogP contribution < -0.4 is 10.0 Å². The number of hydrogen-bond donors (Lipinski definition) is 3. The molecule has 0 aliphatic carbocycles. The SMILES string of the molecule is CC(C)(C)OCC(O)C(Cc1ccccc1)(NC(=O)OC(C)(C)C)NS(=O)(=O)c1ccccc1. The molecular weight excluding hydrogens is 456 g/mol. The minimum absolute atomic E-state index is 0.0117. The first-order chi connectivity index (χ1) is 15.6. The first kappa shape index (κ1) is 27.8. The van der Waals surface area contributed by atoms with E-state index in [2.05, 4.69) is 10.0 Å². The topological polar surface area (TPSA) is 114 Å². The van der Waals surface area contributed by atoms with E-state index in [-0.39, 0.29) is 17.9 Å². The highest BCUT2D eigenvalue weighted by Crippen LogP contribution is 2.23. The highest BCUT2D eigenvalue weighted by atomic mass is 32.2. The third kappa shape index (κ3) is 8.72. The summed E-state index contributed by atoms with van der Waals surface area (Å²) in [4.78, 5) is 12.9. The van der Waals surface area contributed by atoms with Crippen molar-refractivity contribution in [3.8, 4) is 0 Å². The van der Waals surface area contributed by atoms with Crippen LogP contribution in [-0.4, -0.2) is 49.2 Å². The maximum atomic E-state index is 13.4. The second-order valence-corrected chi connectivity index (χ2v) is 11.8. The number of carbonyl (C=O) groups excluding carboxylic acids is 1. The van der Waals surface area contributed by atoms with Crippen molar-refractivity contribution in [2.45, 2.75) is 75.8 Å². The molecule has 0 saturated heterocycles. The second-order valence-electron chi connectivity index (χ2n) is 10.1. The summed E-state index contributed by atoms with van der Waals surface area (Å²) >= 11 is 0. The zero-order valence-electron chi connectivity index (χ0n) is 20.7. The van der Waals surface area contributed by atoms with Gasteiger partial charge in [-0.3, -0.25) is 5.32 Å². The third-order valence-corrected chi connectivity index (χ3v) is 6.19. The van der Waals surface area contributed by atoms with Gasteiger partial charge in [-0.25, -0.2) is 13.2 Å². The van der Waals surface area contributed by atoms with Crippen molar-refractivity contribution in [1.82, 2.24) is 10.0 Å². The number of benzene rings is 2. The van der Waals surface area contributed by atoms with Crippen LogP contribution in [0.2, 0.25) is 0 Å². The monoisotopic (exact) mass is 492 g/mol. The average molecular weight is 493 g/mol. The van der Waals surface area contributed by atoms with Crippen LogP contribution in [0.5, 0.6) is 0 Å². The zero-order chi connectivity index (χ0) is 25.6. The third-order valence-electron chi connectivity index (χ3n) is 4.66. The van der Waals surface area contributed by atoms with Gasteiger partial charge >= 0.3 is 6.09 Å². The Labute approximate surface area is 202 Å². The Morgan fingerprint density at radius 2 is 1.44 bits per heavy atom. The van der Waals surface area contributed by atoms with Crippen molar-refractivity contribution < 1.29 is 27.8 Å². The number of rotatable bonds is 9. The Balaban J connectivity index is 2.56. The van der Waals surface area contributed by atoms with Crippen molar-refractivity contribution in [1.29, 1.82) is 0 Å². The number of sulfonamides is 1. The molecule has 2 atom stereocenters. The van der Waals surface area contributed by atoms with Crippen molar-refractivity contribution in [3.63, 3.8) is 0 Å². The molecule has 0 saturated carbocycles. The quantitative estimate of drug-likeness (QED) is 0.461. The highest BCUT2D eigenvalue weighted by molar-refractivity contribution is 7.89. The molecule has 2 rings (SSSR count). The molecule has 0 radical (unpaired) electrons. The number of amides is 1. The van der Waals surface area contributed by atoms with E-state index in [1.165, 1.54) is 12.1 Å². The van der Waals surface area contributed by atoms with E-state index >= 15 is 0 Å². The lowest BCUT2D eigenvalue weighted by atomic mass is 9.95. The van der Waals surface area contributed by atoms with E-state index in [9.17, 15) is 18.3 Å². The Morgan fingerprint density at radius 1 is 0.912 bits per heavy atom. The molecule has 0 aromatic heterocycles. The Hall–Kier alpha value is -2.46. The summed E-state index contributed by atoms with van der Waals surface area (Å²) < 4.78 is 40.4. The van der Waals surface area contributed by atoms with Gasteiger partial charge in [-0.2, -0.15) is 4.72 Å². The molecule has 1 amide bonds. The van der Waals surface area contributed by atoms with E-state index in [0.29, 0.717) is 5.56 Å². The summed E-state index contributed by atoms with van der Waals surface area (Å²) in [5.41, 5.74) is -2.63. The fraction of sp³-hybridized carbons (Fsp3) is 0.480. The summed E-state index contributed by atoms with van der Waals surface area (Å²) in [6.45, 7) is 10.3. The molecule has 3 N–H and O–H groups in total.